The maximum Gasteiger partial charge on any atom is 0.230 e. The standard InChI is InChI=1S/C20H24N4OS2/c1-3-16-12-17-19(22-14-23-20(17)27-16)26-13-18(25)21-10-7-11-24(2)15-8-5-4-6-9-15/h4-6,8-9,12,14H,3,7,10-11,13H2,1-2H3,(H,21,25). The van der Waals surface area contributed by atoms with E-state index < -0.39 is 0 Å². The number of nitrogens with one attached hydrogen (secondary N) is 1. The minimum absolute atomic E-state index is 0.0417. The van der Waals surface area contributed by atoms with Crippen LogP contribution >= 0.6 is 23.1 Å². The van der Waals surface area contributed by atoms with Crippen LogP contribution in [0.1, 0.15) is 18.2 Å². The van der Waals surface area contributed by atoms with E-state index in [0.29, 0.717) is 12.3 Å². The van der Waals surface area contributed by atoms with Crippen molar-refractivity contribution >= 4 is 44.9 Å². The second kappa shape index (κ2) is 9.71. The summed E-state index contributed by atoms with van der Waals surface area (Å²) < 4.78 is 0. The fourth-order valence-electron chi connectivity index (χ4n) is 2.71. The highest BCUT2D eigenvalue weighted by Gasteiger charge is 2.10. The molecule has 0 saturated carbocycles. The van der Waals surface area contributed by atoms with Crippen LogP contribution in [0.15, 0.2) is 47.8 Å². The van der Waals surface area contributed by atoms with Crippen molar-refractivity contribution in [3.8, 4) is 0 Å². The molecule has 0 unspecified atom stereocenters. The monoisotopic (exact) mass is 400 g/mol. The van der Waals surface area contributed by atoms with Gasteiger partial charge in [0, 0.05) is 36.1 Å². The van der Waals surface area contributed by atoms with E-state index in [2.05, 4.69) is 52.4 Å². The van der Waals surface area contributed by atoms with Crippen molar-refractivity contribution in [3.63, 3.8) is 0 Å². The van der Waals surface area contributed by atoms with Crippen LogP contribution in [0.25, 0.3) is 10.2 Å². The van der Waals surface area contributed by atoms with E-state index in [0.717, 1.165) is 34.6 Å². The third-order valence-electron chi connectivity index (χ3n) is 4.22. The molecule has 3 rings (SSSR count). The summed E-state index contributed by atoms with van der Waals surface area (Å²) >= 11 is 3.17. The lowest BCUT2D eigenvalue weighted by Crippen LogP contribution is -2.29. The van der Waals surface area contributed by atoms with Crippen LogP contribution in [0.5, 0.6) is 0 Å². The molecular formula is C20H24N4OS2. The topological polar surface area (TPSA) is 58.1 Å². The summed E-state index contributed by atoms with van der Waals surface area (Å²) in [5.41, 5.74) is 1.19. The molecule has 0 spiro atoms. The molecule has 2 heterocycles. The predicted octanol–water partition coefficient (Wildman–Crippen LogP) is 3.99. The quantitative estimate of drug-likeness (QED) is 0.334. The summed E-state index contributed by atoms with van der Waals surface area (Å²) in [5, 5.41) is 4.94. The van der Waals surface area contributed by atoms with Crippen molar-refractivity contribution in [2.75, 3.05) is 30.8 Å². The zero-order valence-electron chi connectivity index (χ0n) is 15.6. The Kier molecular flexibility index (Phi) is 7.06. The molecule has 2 aromatic heterocycles. The van der Waals surface area contributed by atoms with E-state index in [1.807, 2.05) is 18.2 Å². The molecule has 142 valence electrons. The summed E-state index contributed by atoms with van der Waals surface area (Å²) in [5.74, 6) is 0.415. The van der Waals surface area contributed by atoms with Crippen LogP contribution < -0.4 is 10.2 Å². The molecule has 0 radical (unpaired) electrons. The van der Waals surface area contributed by atoms with Gasteiger partial charge >= 0.3 is 0 Å². The maximum absolute atomic E-state index is 12.1. The van der Waals surface area contributed by atoms with Gasteiger partial charge in [-0.1, -0.05) is 36.9 Å². The molecule has 0 aliphatic heterocycles. The van der Waals surface area contributed by atoms with Gasteiger partial charge in [0.15, 0.2) is 0 Å². The smallest absolute Gasteiger partial charge is 0.230 e. The lowest BCUT2D eigenvalue weighted by atomic mass is 10.3. The molecule has 1 amide bonds. The van der Waals surface area contributed by atoms with E-state index in [1.165, 1.54) is 22.3 Å². The lowest BCUT2D eigenvalue weighted by Gasteiger charge is -2.19. The number of carbonyl (C=O) groups is 1. The summed E-state index contributed by atoms with van der Waals surface area (Å²) in [7, 11) is 2.07. The first kappa shape index (κ1) is 19.6. The van der Waals surface area contributed by atoms with E-state index >= 15 is 0 Å². The Morgan fingerprint density at radius 1 is 1.26 bits per heavy atom. The van der Waals surface area contributed by atoms with Gasteiger partial charge in [0.05, 0.1) is 5.75 Å². The highest BCUT2D eigenvalue weighted by molar-refractivity contribution is 8.00. The number of amides is 1. The number of aryl methyl sites for hydroxylation is 1. The van der Waals surface area contributed by atoms with E-state index in [-0.39, 0.29) is 5.91 Å². The van der Waals surface area contributed by atoms with Crippen LogP contribution in [0, 0.1) is 0 Å². The molecule has 0 atom stereocenters. The minimum atomic E-state index is 0.0417. The Bertz CT molecular complexity index is 882. The zero-order chi connectivity index (χ0) is 19.1. The van der Waals surface area contributed by atoms with Gasteiger partial charge in [-0.05, 0) is 31.0 Å². The molecule has 0 fully saturated rings. The molecule has 0 saturated heterocycles. The number of aromatic nitrogens is 2. The van der Waals surface area contributed by atoms with Crippen molar-refractivity contribution in [1.82, 2.24) is 15.3 Å². The van der Waals surface area contributed by atoms with Crippen LogP contribution in [0.3, 0.4) is 0 Å². The minimum Gasteiger partial charge on any atom is -0.375 e. The average molecular weight is 401 g/mol. The number of hydrogen-bond donors (Lipinski definition) is 1. The first-order valence-corrected chi connectivity index (χ1v) is 10.9. The van der Waals surface area contributed by atoms with E-state index in [9.17, 15) is 4.79 Å². The Balaban J connectivity index is 1.42. The van der Waals surface area contributed by atoms with E-state index in [1.54, 1.807) is 17.7 Å². The Morgan fingerprint density at radius 3 is 2.85 bits per heavy atom. The first-order chi connectivity index (χ1) is 13.2. The molecule has 1 aromatic carbocycles. The second-order valence-electron chi connectivity index (χ2n) is 6.21. The zero-order valence-corrected chi connectivity index (χ0v) is 17.3. The molecule has 27 heavy (non-hydrogen) atoms. The van der Waals surface area contributed by atoms with Crippen molar-refractivity contribution in [2.45, 2.75) is 24.8 Å². The maximum atomic E-state index is 12.1. The van der Waals surface area contributed by atoms with Crippen LogP contribution in [-0.4, -0.2) is 41.8 Å². The fraction of sp³-hybridized carbons (Fsp3) is 0.350. The van der Waals surface area contributed by atoms with Crippen molar-refractivity contribution < 1.29 is 4.79 Å². The van der Waals surface area contributed by atoms with Gasteiger partial charge in [0.2, 0.25) is 5.91 Å². The fourth-order valence-corrected chi connectivity index (χ4v) is 4.52. The van der Waals surface area contributed by atoms with Crippen molar-refractivity contribution in [3.05, 3.63) is 47.6 Å². The van der Waals surface area contributed by atoms with Gasteiger partial charge in [-0.25, -0.2) is 9.97 Å². The Labute approximate surface area is 168 Å². The lowest BCUT2D eigenvalue weighted by molar-refractivity contribution is -0.118. The van der Waals surface area contributed by atoms with Crippen molar-refractivity contribution in [2.24, 2.45) is 0 Å². The van der Waals surface area contributed by atoms with Gasteiger partial charge < -0.3 is 10.2 Å². The van der Waals surface area contributed by atoms with Gasteiger partial charge in [-0.15, -0.1) is 11.3 Å². The van der Waals surface area contributed by atoms with Gasteiger partial charge in [0.1, 0.15) is 16.2 Å². The van der Waals surface area contributed by atoms with E-state index in [4.69, 9.17) is 0 Å². The highest BCUT2D eigenvalue weighted by Crippen LogP contribution is 2.30. The number of benzene rings is 1. The Morgan fingerprint density at radius 2 is 2.07 bits per heavy atom. The van der Waals surface area contributed by atoms with Crippen LogP contribution in [-0.2, 0) is 11.2 Å². The summed E-state index contributed by atoms with van der Waals surface area (Å²) in [4.78, 5) is 25.3. The number of hydrogen-bond acceptors (Lipinski definition) is 6. The molecule has 1 N–H and O–H groups in total. The number of rotatable bonds is 9. The number of anilines is 1. The predicted molar refractivity (Wildman–Crippen MR) is 115 cm³/mol. The third kappa shape index (κ3) is 5.43. The summed E-state index contributed by atoms with van der Waals surface area (Å²) in [6.07, 6.45) is 3.48. The molecule has 7 heteroatoms. The SMILES string of the molecule is CCc1cc2c(SCC(=O)NCCCN(C)c3ccccc3)ncnc2s1. The third-order valence-corrected chi connectivity index (χ3v) is 6.41. The number of carbonyl (C=O) groups excluding carboxylic acids is 1. The summed E-state index contributed by atoms with van der Waals surface area (Å²) in [6.45, 7) is 3.71. The Hall–Kier alpha value is -2.12. The summed E-state index contributed by atoms with van der Waals surface area (Å²) in [6, 6.07) is 12.4. The van der Waals surface area contributed by atoms with Gasteiger partial charge in [-0.2, -0.15) is 0 Å². The second-order valence-corrected chi connectivity index (χ2v) is 8.29. The number of nitrogens with zero attached hydrogens (tertiary/aromatic N) is 3. The number of thioether (sulfide) groups is 1. The largest absolute Gasteiger partial charge is 0.375 e. The molecule has 0 aliphatic carbocycles. The molecule has 0 bridgehead atoms. The van der Waals surface area contributed by atoms with Gasteiger partial charge in [-0.3, -0.25) is 4.79 Å². The highest BCUT2D eigenvalue weighted by atomic mass is 32.2. The molecule has 3 aromatic rings. The van der Waals surface area contributed by atoms with Crippen molar-refractivity contribution in [1.29, 1.82) is 0 Å². The molecule has 5 nitrogen and oxygen atoms in total. The van der Waals surface area contributed by atoms with Gasteiger partial charge in [0.25, 0.3) is 0 Å². The molecular weight excluding hydrogens is 376 g/mol. The number of fused-ring (bicyclic) bond motifs is 1. The normalized spacial score (nSPS) is 10.9. The number of thiophene rings is 1. The molecule has 0 aliphatic rings. The average Bonchev–Trinajstić information content (AvgIpc) is 3.14. The van der Waals surface area contributed by atoms with Crippen LogP contribution in [0.4, 0.5) is 5.69 Å². The number of para-hydroxylation sites is 1. The first-order valence-electron chi connectivity index (χ1n) is 9.06. The van der Waals surface area contributed by atoms with Crippen LogP contribution in [0.2, 0.25) is 0 Å².